The van der Waals surface area contributed by atoms with E-state index < -0.39 is 23.6 Å². The van der Waals surface area contributed by atoms with Crippen molar-refractivity contribution in [3.8, 4) is 0 Å². The van der Waals surface area contributed by atoms with E-state index in [2.05, 4.69) is 10.6 Å². The van der Waals surface area contributed by atoms with Crippen molar-refractivity contribution in [1.82, 2.24) is 10.6 Å². The standard InChI is InChI=1S/C17H13FN2O3/c18-11-7-5-10(6-8-11)9-19-16(22)14-12-3-1-2-4-13(12)15(21)20-17(14)23/h1-8,14H,9H2,(H,19,22)(H,20,21,23). The van der Waals surface area contributed by atoms with Crippen molar-refractivity contribution in [2.24, 2.45) is 0 Å². The van der Waals surface area contributed by atoms with E-state index in [9.17, 15) is 18.8 Å². The normalized spacial score (nSPS) is 16.5. The highest BCUT2D eigenvalue weighted by Gasteiger charge is 2.36. The summed E-state index contributed by atoms with van der Waals surface area (Å²) in [6.45, 7) is 0.166. The summed E-state index contributed by atoms with van der Waals surface area (Å²) in [5.41, 5.74) is 1.41. The molecule has 1 atom stereocenters. The molecule has 2 aromatic rings. The number of benzene rings is 2. The molecule has 6 heteroatoms. The highest BCUT2D eigenvalue weighted by molar-refractivity contribution is 6.18. The van der Waals surface area contributed by atoms with Gasteiger partial charge in [-0.3, -0.25) is 19.7 Å². The largest absolute Gasteiger partial charge is 0.351 e. The molecule has 1 aliphatic heterocycles. The maximum atomic E-state index is 12.9. The smallest absolute Gasteiger partial charge is 0.258 e. The summed E-state index contributed by atoms with van der Waals surface area (Å²) in [6.07, 6.45) is 0. The maximum Gasteiger partial charge on any atom is 0.258 e. The number of hydrogen-bond acceptors (Lipinski definition) is 3. The van der Waals surface area contributed by atoms with Crippen molar-refractivity contribution in [1.29, 1.82) is 0 Å². The van der Waals surface area contributed by atoms with Gasteiger partial charge in [-0.25, -0.2) is 4.39 Å². The number of fused-ring (bicyclic) bond motifs is 1. The molecule has 0 saturated heterocycles. The Balaban J connectivity index is 1.79. The second kappa shape index (κ2) is 6.00. The van der Waals surface area contributed by atoms with Crippen LogP contribution in [0.25, 0.3) is 0 Å². The van der Waals surface area contributed by atoms with Gasteiger partial charge in [0.05, 0.1) is 0 Å². The predicted octanol–water partition coefficient (Wildman–Crippen LogP) is 1.50. The van der Waals surface area contributed by atoms with Gasteiger partial charge in [-0.2, -0.15) is 0 Å². The van der Waals surface area contributed by atoms with Crippen LogP contribution >= 0.6 is 0 Å². The molecule has 0 aliphatic carbocycles. The third kappa shape index (κ3) is 2.96. The Hall–Kier alpha value is -3.02. The van der Waals surface area contributed by atoms with Gasteiger partial charge >= 0.3 is 0 Å². The number of halogens is 1. The van der Waals surface area contributed by atoms with Crippen LogP contribution in [0.4, 0.5) is 4.39 Å². The van der Waals surface area contributed by atoms with Crippen LogP contribution < -0.4 is 10.6 Å². The van der Waals surface area contributed by atoms with Crippen LogP contribution in [0.3, 0.4) is 0 Å². The fourth-order valence-electron chi connectivity index (χ4n) is 2.50. The zero-order valence-corrected chi connectivity index (χ0v) is 12.0. The van der Waals surface area contributed by atoms with Crippen molar-refractivity contribution in [3.63, 3.8) is 0 Å². The van der Waals surface area contributed by atoms with Crippen LogP contribution in [0.2, 0.25) is 0 Å². The Morgan fingerprint density at radius 1 is 1.09 bits per heavy atom. The molecule has 2 N–H and O–H groups in total. The molecule has 5 nitrogen and oxygen atoms in total. The van der Waals surface area contributed by atoms with E-state index in [0.29, 0.717) is 16.7 Å². The molecule has 23 heavy (non-hydrogen) atoms. The number of hydrogen-bond donors (Lipinski definition) is 2. The number of amides is 3. The van der Waals surface area contributed by atoms with Gasteiger partial charge < -0.3 is 5.32 Å². The summed E-state index contributed by atoms with van der Waals surface area (Å²) >= 11 is 0. The zero-order valence-electron chi connectivity index (χ0n) is 12.0. The van der Waals surface area contributed by atoms with Crippen LogP contribution in [0.5, 0.6) is 0 Å². The van der Waals surface area contributed by atoms with Crippen LogP contribution in [0.15, 0.2) is 48.5 Å². The van der Waals surface area contributed by atoms with Crippen LogP contribution in [0, 0.1) is 5.82 Å². The van der Waals surface area contributed by atoms with Crippen LogP contribution in [-0.2, 0) is 16.1 Å². The quantitative estimate of drug-likeness (QED) is 0.666. The first-order chi connectivity index (χ1) is 11.1. The van der Waals surface area contributed by atoms with Gasteiger partial charge in [0.15, 0.2) is 0 Å². The molecule has 0 spiro atoms. The van der Waals surface area contributed by atoms with E-state index in [-0.39, 0.29) is 12.4 Å². The van der Waals surface area contributed by atoms with Crippen molar-refractivity contribution >= 4 is 17.7 Å². The molecular formula is C17H13FN2O3. The van der Waals surface area contributed by atoms with Gasteiger partial charge in [0, 0.05) is 12.1 Å². The van der Waals surface area contributed by atoms with E-state index in [0.717, 1.165) is 0 Å². The minimum atomic E-state index is -1.08. The molecule has 1 heterocycles. The van der Waals surface area contributed by atoms with E-state index in [4.69, 9.17) is 0 Å². The Labute approximate surface area is 131 Å². The average molecular weight is 312 g/mol. The summed E-state index contributed by atoms with van der Waals surface area (Å²) in [4.78, 5) is 36.2. The topological polar surface area (TPSA) is 75.3 Å². The summed E-state index contributed by atoms with van der Waals surface area (Å²) in [5, 5.41) is 4.82. The lowest BCUT2D eigenvalue weighted by Crippen LogP contribution is -2.46. The Bertz CT molecular complexity index is 787. The van der Waals surface area contributed by atoms with Gasteiger partial charge in [-0.05, 0) is 29.3 Å². The van der Waals surface area contributed by atoms with Crippen molar-refractivity contribution in [3.05, 3.63) is 71.0 Å². The third-order valence-electron chi connectivity index (χ3n) is 3.66. The second-order valence-corrected chi connectivity index (χ2v) is 5.18. The molecule has 3 rings (SSSR count). The minimum absolute atomic E-state index is 0.166. The number of rotatable bonds is 3. The first-order valence-electron chi connectivity index (χ1n) is 7.02. The monoisotopic (exact) mass is 312 g/mol. The molecule has 0 fully saturated rings. The molecule has 116 valence electrons. The molecule has 3 amide bonds. The Morgan fingerprint density at radius 3 is 2.52 bits per heavy atom. The van der Waals surface area contributed by atoms with Gasteiger partial charge in [0.2, 0.25) is 11.8 Å². The minimum Gasteiger partial charge on any atom is -0.351 e. The molecule has 2 aromatic carbocycles. The summed E-state index contributed by atoms with van der Waals surface area (Å²) in [6, 6.07) is 12.2. The molecule has 1 unspecified atom stereocenters. The van der Waals surface area contributed by atoms with Gasteiger partial charge in [0.1, 0.15) is 11.7 Å². The van der Waals surface area contributed by atoms with E-state index in [1.54, 1.807) is 36.4 Å². The van der Waals surface area contributed by atoms with Gasteiger partial charge in [0.25, 0.3) is 5.91 Å². The van der Waals surface area contributed by atoms with E-state index in [1.807, 2.05) is 0 Å². The average Bonchev–Trinajstić information content (AvgIpc) is 2.54. The lowest BCUT2D eigenvalue weighted by molar-refractivity contribution is -0.131. The highest BCUT2D eigenvalue weighted by Crippen LogP contribution is 2.25. The molecule has 0 radical (unpaired) electrons. The first-order valence-corrected chi connectivity index (χ1v) is 7.02. The highest BCUT2D eigenvalue weighted by atomic mass is 19.1. The van der Waals surface area contributed by atoms with Crippen LogP contribution in [-0.4, -0.2) is 17.7 Å². The molecule has 0 aromatic heterocycles. The number of nitrogens with one attached hydrogen (secondary N) is 2. The van der Waals surface area contributed by atoms with Gasteiger partial charge in [-0.15, -0.1) is 0 Å². The SMILES string of the molecule is O=C1NC(=O)C(C(=O)NCc2ccc(F)cc2)c2ccccc21. The molecule has 0 bridgehead atoms. The number of carbonyl (C=O) groups excluding carboxylic acids is 3. The molecule has 0 saturated carbocycles. The lowest BCUT2D eigenvalue weighted by Gasteiger charge is -2.23. The Kier molecular flexibility index (Phi) is 3.89. The fourth-order valence-corrected chi connectivity index (χ4v) is 2.50. The number of carbonyl (C=O) groups is 3. The van der Waals surface area contributed by atoms with Crippen LogP contribution in [0.1, 0.15) is 27.4 Å². The second-order valence-electron chi connectivity index (χ2n) is 5.18. The third-order valence-corrected chi connectivity index (χ3v) is 3.66. The summed E-state index contributed by atoms with van der Waals surface area (Å²) in [7, 11) is 0. The first kappa shape index (κ1) is 14.9. The van der Waals surface area contributed by atoms with E-state index >= 15 is 0 Å². The van der Waals surface area contributed by atoms with Crippen molar-refractivity contribution in [2.45, 2.75) is 12.5 Å². The van der Waals surface area contributed by atoms with Crippen molar-refractivity contribution < 1.29 is 18.8 Å². The Morgan fingerprint density at radius 2 is 1.78 bits per heavy atom. The molecule has 1 aliphatic rings. The molecular weight excluding hydrogens is 299 g/mol. The lowest BCUT2D eigenvalue weighted by atomic mass is 9.89. The fraction of sp³-hybridized carbons (Fsp3) is 0.118. The predicted molar refractivity (Wildman–Crippen MR) is 79.9 cm³/mol. The van der Waals surface area contributed by atoms with Crippen molar-refractivity contribution in [2.75, 3.05) is 0 Å². The summed E-state index contributed by atoms with van der Waals surface area (Å²) < 4.78 is 12.9. The number of imide groups is 1. The summed E-state index contributed by atoms with van der Waals surface area (Å²) in [5.74, 6) is -3.10. The zero-order chi connectivity index (χ0) is 16.4. The van der Waals surface area contributed by atoms with Gasteiger partial charge in [-0.1, -0.05) is 30.3 Å². The maximum absolute atomic E-state index is 12.9. The van der Waals surface area contributed by atoms with E-state index in [1.165, 1.54) is 12.1 Å².